The van der Waals surface area contributed by atoms with Gasteiger partial charge in [0.2, 0.25) is 0 Å². The monoisotopic (exact) mass is 282 g/mol. The Hall–Kier alpha value is -2.89. The average Bonchev–Trinajstić information content (AvgIpc) is 2.51. The average molecular weight is 282 g/mol. The molecule has 0 aliphatic heterocycles. The Morgan fingerprint density at radius 2 is 2.05 bits per heavy atom. The standard InChI is InChI=1S/C15H14N4O2/c1-21-14-7-6-11(16)8-10(14)9-19-15(20)12-4-2-3-5-13(12)17-18-19/h2-8H,9,16H2,1H3. The molecule has 106 valence electrons. The molecule has 2 aromatic carbocycles. The van der Waals surface area contributed by atoms with Crippen LogP contribution >= 0.6 is 0 Å². The van der Waals surface area contributed by atoms with E-state index in [1.54, 1.807) is 43.5 Å². The van der Waals surface area contributed by atoms with Crippen molar-refractivity contribution in [3.05, 3.63) is 58.4 Å². The number of benzene rings is 2. The summed E-state index contributed by atoms with van der Waals surface area (Å²) in [5, 5.41) is 8.56. The van der Waals surface area contributed by atoms with Gasteiger partial charge in [-0.05, 0) is 30.3 Å². The maximum Gasteiger partial charge on any atom is 0.277 e. The normalized spacial score (nSPS) is 10.7. The molecule has 0 aliphatic carbocycles. The van der Waals surface area contributed by atoms with Crippen molar-refractivity contribution in [3.8, 4) is 5.75 Å². The van der Waals surface area contributed by atoms with Gasteiger partial charge in [0.1, 0.15) is 11.3 Å². The van der Waals surface area contributed by atoms with E-state index in [0.29, 0.717) is 22.3 Å². The lowest BCUT2D eigenvalue weighted by Gasteiger charge is -2.10. The van der Waals surface area contributed by atoms with E-state index in [-0.39, 0.29) is 12.1 Å². The highest BCUT2D eigenvalue weighted by Crippen LogP contribution is 2.21. The first-order chi connectivity index (χ1) is 10.2. The summed E-state index contributed by atoms with van der Waals surface area (Å²) in [4.78, 5) is 12.4. The highest BCUT2D eigenvalue weighted by Gasteiger charge is 2.09. The van der Waals surface area contributed by atoms with E-state index in [9.17, 15) is 4.79 Å². The quantitative estimate of drug-likeness (QED) is 0.735. The fourth-order valence-electron chi connectivity index (χ4n) is 2.21. The van der Waals surface area contributed by atoms with Crippen LogP contribution in [0.5, 0.6) is 5.75 Å². The minimum atomic E-state index is -0.190. The van der Waals surface area contributed by atoms with Crippen LogP contribution < -0.4 is 16.0 Å². The number of aromatic nitrogens is 3. The van der Waals surface area contributed by atoms with Crippen LogP contribution in [0.3, 0.4) is 0 Å². The van der Waals surface area contributed by atoms with E-state index >= 15 is 0 Å². The van der Waals surface area contributed by atoms with E-state index < -0.39 is 0 Å². The zero-order valence-corrected chi connectivity index (χ0v) is 11.5. The topological polar surface area (TPSA) is 83.0 Å². The number of anilines is 1. The number of hydrogen-bond acceptors (Lipinski definition) is 5. The Labute approximate surface area is 120 Å². The number of fused-ring (bicyclic) bond motifs is 1. The minimum absolute atomic E-state index is 0.190. The van der Waals surface area contributed by atoms with Crippen molar-refractivity contribution in [2.45, 2.75) is 6.54 Å². The molecule has 3 aromatic rings. The molecule has 3 rings (SSSR count). The van der Waals surface area contributed by atoms with Gasteiger partial charge in [0, 0.05) is 11.3 Å². The predicted molar refractivity (Wildman–Crippen MR) is 80.3 cm³/mol. The van der Waals surface area contributed by atoms with Crippen molar-refractivity contribution >= 4 is 16.6 Å². The molecule has 0 unspecified atom stereocenters. The van der Waals surface area contributed by atoms with E-state index in [1.807, 2.05) is 6.07 Å². The van der Waals surface area contributed by atoms with Crippen LogP contribution in [0.2, 0.25) is 0 Å². The van der Waals surface area contributed by atoms with Crippen molar-refractivity contribution in [2.75, 3.05) is 12.8 Å². The second-order valence-electron chi connectivity index (χ2n) is 4.64. The van der Waals surface area contributed by atoms with Gasteiger partial charge in [-0.25, -0.2) is 4.68 Å². The molecule has 0 spiro atoms. The van der Waals surface area contributed by atoms with E-state index in [4.69, 9.17) is 10.5 Å². The summed E-state index contributed by atoms with van der Waals surface area (Å²) in [5.74, 6) is 0.658. The molecule has 0 atom stereocenters. The summed E-state index contributed by atoms with van der Waals surface area (Å²) in [5.41, 5.74) is 7.56. The van der Waals surface area contributed by atoms with Gasteiger partial charge < -0.3 is 10.5 Å². The third-order valence-corrected chi connectivity index (χ3v) is 3.25. The Morgan fingerprint density at radius 1 is 1.24 bits per heavy atom. The maximum atomic E-state index is 12.4. The molecule has 0 aliphatic rings. The molecule has 0 saturated carbocycles. The first kappa shape index (κ1) is 13.1. The molecule has 2 N–H and O–H groups in total. The van der Waals surface area contributed by atoms with Crippen molar-refractivity contribution in [2.24, 2.45) is 0 Å². The molecule has 6 heteroatoms. The lowest BCUT2D eigenvalue weighted by Crippen LogP contribution is -2.25. The zero-order valence-electron chi connectivity index (χ0n) is 11.5. The van der Waals surface area contributed by atoms with Gasteiger partial charge in [0.25, 0.3) is 5.56 Å². The summed E-state index contributed by atoms with van der Waals surface area (Å²) in [6.45, 7) is 0.255. The smallest absolute Gasteiger partial charge is 0.277 e. The van der Waals surface area contributed by atoms with Crippen LogP contribution in [-0.4, -0.2) is 22.1 Å². The van der Waals surface area contributed by atoms with Crippen molar-refractivity contribution in [3.63, 3.8) is 0 Å². The van der Waals surface area contributed by atoms with E-state index in [1.165, 1.54) is 4.68 Å². The fraction of sp³-hybridized carbons (Fsp3) is 0.133. The van der Waals surface area contributed by atoms with E-state index in [0.717, 1.165) is 5.56 Å². The molecular weight excluding hydrogens is 268 g/mol. The number of nitrogen functional groups attached to an aromatic ring is 1. The minimum Gasteiger partial charge on any atom is -0.496 e. The van der Waals surface area contributed by atoms with Gasteiger partial charge in [0.15, 0.2) is 0 Å². The molecule has 0 radical (unpaired) electrons. The fourth-order valence-corrected chi connectivity index (χ4v) is 2.21. The van der Waals surface area contributed by atoms with Gasteiger partial charge in [0.05, 0.1) is 19.0 Å². The second kappa shape index (κ2) is 5.24. The Balaban J connectivity index is 2.08. The van der Waals surface area contributed by atoms with Crippen LogP contribution in [0.4, 0.5) is 5.69 Å². The number of nitrogens with zero attached hydrogens (tertiary/aromatic N) is 3. The zero-order chi connectivity index (χ0) is 14.8. The van der Waals surface area contributed by atoms with Crippen LogP contribution in [0.25, 0.3) is 10.9 Å². The Morgan fingerprint density at radius 3 is 2.86 bits per heavy atom. The summed E-state index contributed by atoms with van der Waals surface area (Å²) < 4.78 is 6.59. The summed E-state index contributed by atoms with van der Waals surface area (Å²) >= 11 is 0. The highest BCUT2D eigenvalue weighted by atomic mass is 16.5. The highest BCUT2D eigenvalue weighted by molar-refractivity contribution is 5.76. The molecule has 0 amide bonds. The molecule has 0 fully saturated rings. The third-order valence-electron chi connectivity index (χ3n) is 3.25. The molecule has 6 nitrogen and oxygen atoms in total. The van der Waals surface area contributed by atoms with Gasteiger partial charge in [-0.2, -0.15) is 0 Å². The van der Waals surface area contributed by atoms with Crippen molar-refractivity contribution in [1.82, 2.24) is 15.0 Å². The van der Waals surface area contributed by atoms with Crippen molar-refractivity contribution in [1.29, 1.82) is 0 Å². The van der Waals surface area contributed by atoms with Gasteiger partial charge in [-0.3, -0.25) is 4.79 Å². The summed E-state index contributed by atoms with van der Waals surface area (Å²) in [6, 6.07) is 12.4. The van der Waals surface area contributed by atoms with Crippen LogP contribution in [0, 0.1) is 0 Å². The maximum absolute atomic E-state index is 12.4. The first-order valence-electron chi connectivity index (χ1n) is 6.44. The Kier molecular flexibility index (Phi) is 3.27. The van der Waals surface area contributed by atoms with Crippen LogP contribution in [-0.2, 0) is 6.54 Å². The number of rotatable bonds is 3. The van der Waals surface area contributed by atoms with Crippen molar-refractivity contribution < 1.29 is 4.74 Å². The molecule has 21 heavy (non-hydrogen) atoms. The van der Waals surface area contributed by atoms with Crippen LogP contribution in [0.1, 0.15) is 5.56 Å². The SMILES string of the molecule is COc1ccc(N)cc1Cn1nnc2ccccc2c1=O. The lowest BCUT2D eigenvalue weighted by molar-refractivity contribution is 0.406. The van der Waals surface area contributed by atoms with Crippen LogP contribution in [0.15, 0.2) is 47.3 Å². The largest absolute Gasteiger partial charge is 0.496 e. The number of ether oxygens (including phenoxy) is 1. The molecule has 1 aromatic heterocycles. The molecule has 0 saturated heterocycles. The molecule has 1 heterocycles. The van der Waals surface area contributed by atoms with Gasteiger partial charge >= 0.3 is 0 Å². The summed E-state index contributed by atoms with van der Waals surface area (Å²) in [7, 11) is 1.57. The predicted octanol–water partition coefficient (Wildman–Crippen LogP) is 1.43. The summed E-state index contributed by atoms with van der Waals surface area (Å²) in [6.07, 6.45) is 0. The molecular formula is C15H14N4O2. The number of hydrogen-bond donors (Lipinski definition) is 1. The second-order valence-corrected chi connectivity index (χ2v) is 4.64. The van der Waals surface area contributed by atoms with Gasteiger partial charge in [-0.1, -0.05) is 17.3 Å². The van der Waals surface area contributed by atoms with Gasteiger partial charge in [-0.15, -0.1) is 5.10 Å². The third kappa shape index (κ3) is 2.43. The molecule has 0 bridgehead atoms. The first-order valence-corrected chi connectivity index (χ1v) is 6.44. The Bertz CT molecular complexity index is 858. The lowest BCUT2D eigenvalue weighted by atomic mass is 10.1. The van der Waals surface area contributed by atoms with E-state index in [2.05, 4.69) is 10.3 Å². The number of nitrogens with two attached hydrogens (primary N) is 1. The number of methoxy groups -OCH3 is 1.